The Morgan fingerprint density at radius 2 is 1.79 bits per heavy atom. The van der Waals surface area contributed by atoms with E-state index in [0.717, 1.165) is 16.8 Å². The minimum Gasteiger partial charge on any atom is -0.497 e. The topological polar surface area (TPSA) is 50.7 Å². The largest absolute Gasteiger partial charge is 0.497 e. The molecule has 0 spiro atoms. The highest BCUT2D eigenvalue weighted by atomic mass is 16.5. The second kappa shape index (κ2) is 5.52. The predicted molar refractivity (Wildman–Crippen MR) is 77.6 cm³/mol. The monoisotopic (exact) mass is 256 g/mol. The van der Waals surface area contributed by atoms with Crippen molar-refractivity contribution >= 4 is 17.1 Å². The van der Waals surface area contributed by atoms with Gasteiger partial charge in [0, 0.05) is 11.8 Å². The standard InChI is InChI=1S/C15H16N2O2/c1-10-5-4-6-11(2)15(10)16-14-9-12(19-3)7-8-13(14)17-18/h4-9,16H,1-3H3. The van der Waals surface area contributed by atoms with Gasteiger partial charge in [0.05, 0.1) is 12.8 Å². The van der Waals surface area contributed by atoms with Gasteiger partial charge in [0.2, 0.25) is 0 Å². The first kappa shape index (κ1) is 13.1. The van der Waals surface area contributed by atoms with E-state index in [0.29, 0.717) is 17.1 Å². The predicted octanol–water partition coefficient (Wildman–Crippen LogP) is 4.45. The van der Waals surface area contributed by atoms with E-state index in [4.69, 9.17) is 4.74 Å². The van der Waals surface area contributed by atoms with Crippen LogP contribution in [0, 0.1) is 18.8 Å². The molecule has 4 heteroatoms. The first-order valence-corrected chi connectivity index (χ1v) is 6.00. The van der Waals surface area contributed by atoms with Gasteiger partial charge in [-0.1, -0.05) is 18.2 Å². The fraction of sp³-hybridized carbons (Fsp3) is 0.200. The maximum atomic E-state index is 10.9. The summed E-state index contributed by atoms with van der Waals surface area (Å²) in [5.74, 6) is 0.682. The second-order valence-corrected chi connectivity index (χ2v) is 4.37. The average Bonchev–Trinajstić information content (AvgIpc) is 2.42. The number of nitrogens with one attached hydrogen (secondary N) is 1. The van der Waals surface area contributed by atoms with Gasteiger partial charge >= 0.3 is 0 Å². The van der Waals surface area contributed by atoms with E-state index in [2.05, 4.69) is 10.5 Å². The van der Waals surface area contributed by atoms with Crippen LogP contribution in [-0.4, -0.2) is 7.11 Å². The maximum absolute atomic E-state index is 10.9. The molecule has 0 atom stereocenters. The van der Waals surface area contributed by atoms with Crippen molar-refractivity contribution in [1.29, 1.82) is 0 Å². The van der Waals surface area contributed by atoms with Crippen molar-refractivity contribution in [3.05, 3.63) is 52.4 Å². The Kier molecular flexibility index (Phi) is 3.80. The third kappa shape index (κ3) is 2.73. The van der Waals surface area contributed by atoms with Crippen LogP contribution in [0.3, 0.4) is 0 Å². The SMILES string of the molecule is COc1ccc(N=O)c(Nc2c(C)cccc2C)c1. The molecule has 2 rings (SSSR count). The molecule has 0 unspecified atom stereocenters. The molecule has 0 saturated heterocycles. The lowest BCUT2D eigenvalue weighted by molar-refractivity contribution is 0.415. The van der Waals surface area contributed by atoms with E-state index in [-0.39, 0.29) is 0 Å². The van der Waals surface area contributed by atoms with Gasteiger partial charge in [0.15, 0.2) is 0 Å². The van der Waals surface area contributed by atoms with Crippen LogP contribution in [-0.2, 0) is 0 Å². The summed E-state index contributed by atoms with van der Waals surface area (Å²) < 4.78 is 5.17. The third-order valence-electron chi connectivity index (χ3n) is 3.04. The zero-order valence-corrected chi connectivity index (χ0v) is 11.2. The second-order valence-electron chi connectivity index (χ2n) is 4.37. The summed E-state index contributed by atoms with van der Waals surface area (Å²) >= 11 is 0. The number of para-hydroxylation sites is 1. The van der Waals surface area contributed by atoms with Gasteiger partial charge in [-0.05, 0) is 42.3 Å². The molecule has 0 aromatic heterocycles. The number of aryl methyl sites for hydroxylation is 2. The zero-order valence-electron chi connectivity index (χ0n) is 11.2. The fourth-order valence-corrected chi connectivity index (χ4v) is 1.97. The molecule has 2 aromatic carbocycles. The molecule has 0 fully saturated rings. The smallest absolute Gasteiger partial charge is 0.131 e. The maximum Gasteiger partial charge on any atom is 0.131 e. The molecule has 0 bridgehead atoms. The van der Waals surface area contributed by atoms with E-state index in [1.165, 1.54) is 0 Å². The van der Waals surface area contributed by atoms with Crippen molar-refractivity contribution < 1.29 is 4.74 Å². The van der Waals surface area contributed by atoms with Gasteiger partial charge in [-0.25, -0.2) is 0 Å². The molecule has 1 N–H and O–H groups in total. The Morgan fingerprint density at radius 1 is 1.11 bits per heavy atom. The van der Waals surface area contributed by atoms with E-state index >= 15 is 0 Å². The van der Waals surface area contributed by atoms with E-state index in [1.54, 1.807) is 25.3 Å². The number of benzene rings is 2. The number of methoxy groups -OCH3 is 1. The quantitative estimate of drug-likeness (QED) is 0.822. The molecular weight excluding hydrogens is 240 g/mol. The van der Waals surface area contributed by atoms with Gasteiger partial charge in [-0.3, -0.25) is 0 Å². The molecule has 2 aromatic rings. The highest BCUT2D eigenvalue weighted by Gasteiger charge is 2.08. The number of anilines is 2. The van der Waals surface area contributed by atoms with Crippen molar-refractivity contribution in [2.45, 2.75) is 13.8 Å². The Morgan fingerprint density at radius 3 is 2.37 bits per heavy atom. The van der Waals surface area contributed by atoms with Crippen molar-refractivity contribution in [1.82, 2.24) is 0 Å². The number of hydrogen-bond donors (Lipinski definition) is 1. The van der Waals surface area contributed by atoms with Crippen LogP contribution in [0.1, 0.15) is 11.1 Å². The lowest BCUT2D eigenvalue weighted by Gasteiger charge is -2.14. The molecule has 4 nitrogen and oxygen atoms in total. The average molecular weight is 256 g/mol. The molecular formula is C15H16N2O2. The number of rotatable bonds is 4. The summed E-state index contributed by atoms with van der Waals surface area (Å²) in [4.78, 5) is 10.9. The fourth-order valence-electron chi connectivity index (χ4n) is 1.97. The molecule has 19 heavy (non-hydrogen) atoms. The van der Waals surface area contributed by atoms with E-state index in [1.807, 2.05) is 32.0 Å². The Hall–Kier alpha value is -2.36. The number of nitrogens with zero attached hydrogens (tertiary/aromatic N) is 1. The van der Waals surface area contributed by atoms with Crippen LogP contribution in [0.2, 0.25) is 0 Å². The number of ether oxygens (including phenoxy) is 1. The molecule has 0 amide bonds. The third-order valence-corrected chi connectivity index (χ3v) is 3.04. The van der Waals surface area contributed by atoms with Crippen LogP contribution >= 0.6 is 0 Å². The molecule has 0 radical (unpaired) electrons. The Balaban J connectivity index is 2.45. The van der Waals surface area contributed by atoms with Gasteiger partial charge in [0.1, 0.15) is 11.4 Å². The molecule has 0 aliphatic rings. The summed E-state index contributed by atoms with van der Waals surface area (Å²) in [7, 11) is 1.59. The van der Waals surface area contributed by atoms with Crippen molar-refractivity contribution in [3.63, 3.8) is 0 Å². The summed E-state index contributed by atoms with van der Waals surface area (Å²) in [6, 6.07) is 11.2. The normalized spacial score (nSPS) is 10.1. The zero-order chi connectivity index (χ0) is 13.8. The van der Waals surface area contributed by atoms with Crippen molar-refractivity contribution in [2.75, 3.05) is 12.4 Å². The minimum atomic E-state index is 0.364. The minimum absolute atomic E-state index is 0.364. The summed E-state index contributed by atoms with van der Waals surface area (Å²) in [5.41, 5.74) is 4.22. The van der Waals surface area contributed by atoms with Crippen LogP contribution in [0.15, 0.2) is 41.6 Å². The molecule has 0 aliphatic carbocycles. The van der Waals surface area contributed by atoms with Crippen molar-refractivity contribution in [3.8, 4) is 5.75 Å². The van der Waals surface area contributed by atoms with E-state index in [9.17, 15) is 4.91 Å². The number of nitroso groups, excluding NO2 is 1. The van der Waals surface area contributed by atoms with Crippen LogP contribution in [0.5, 0.6) is 5.75 Å². The van der Waals surface area contributed by atoms with Crippen LogP contribution in [0.25, 0.3) is 0 Å². The lowest BCUT2D eigenvalue weighted by atomic mass is 10.1. The molecule has 0 aliphatic heterocycles. The van der Waals surface area contributed by atoms with Crippen LogP contribution < -0.4 is 10.1 Å². The molecule has 98 valence electrons. The first-order chi connectivity index (χ1) is 9.15. The van der Waals surface area contributed by atoms with Gasteiger partial charge in [-0.15, -0.1) is 4.91 Å². The summed E-state index contributed by atoms with van der Waals surface area (Å²) in [6.45, 7) is 4.03. The summed E-state index contributed by atoms with van der Waals surface area (Å²) in [6.07, 6.45) is 0. The van der Waals surface area contributed by atoms with Gasteiger partial charge in [-0.2, -0.15) is 0 Å². The van der Waals surface area contributed by atoms with Crippen molar-refractivity contribution in [2.24, 2.45) is 5.18 Å². The van der Waals surface area contributed by atoms with Gasteiger partial charge in [0.25, 0.3) is 0 Å². The number of hydrogen-bond acceptors (Lipinski definition) is 4. The first-order valence-electron chi connectivity index (χ1n) is 6.00. The molecule has 0 heterocycles. The van der Waals surface area contributed by atoms with Crippen LogP contribution in [0.4, 0.5) is 17.1 Å². The Labute approximate surface area is 112 Å². The Bertz CT molecular complexity index is 589. The van der Waals surface area contributed by atoms with Gasteiger partial charge < -0.3 is 10.1 Å². The highest BCUT2D eigenvalue weighted by molar-refractivity contribution is 5.76. The summed E-state index contributed by atoms with van der Waals surface area (Å²) in [5, 5.41) is 6.29. The lowest BCUT2D eigenvalue weighted by Crippen LogP contribution is -1.97. The highest BCUT2D eigenvalue weighted by Crippen LogP contribution is 2.33. The molecule has 0 saturated carbocycles. The van der Waals surface area contributed by atoms with E-state index < -0.39 is 0 Å².